The smallest absolute Gasteiger partial charge is 0.244 e. The fraction of sp³-hybridized carbons (Fsp3) is 0.235. The van der Waals surface area contributed by atoms with Crippen molar-refractivity contribution >= 4 is 33.3 Å². The summed E-state index contributed by atoms with van der Waals surface area (Å²) in [4.78, 5) is 23.6. The monoisotopic (exact) mass is 326 g/mol. The molecule has 6 heteroatoms. The van der Waals surface area contributed by atoms with Crippen LogP contribution in [-0.2, 0) is 11.2 Å². The van der Waals surface area contributed by atoms with Gasteiger partial charge in [-0.2, -0.15) is 0 Å². The number of amides is 1. The highest BCUT2D eigenvalue weighted by Crippen LogP contribution is 2.24. The Morgan fingerprint density at radius 1 is 1.22 bits per heavy atom. The lowest BCUT2D eigenvalue weighted by atomic mass is 10.0. The first-order chi connectivity index (χ1) is 11.1. The predicted octanol–water partition coefficient (Wildman–Crippen LogP) is 2.80. The SMILES string of the molecule is CN(C)C(=O)[C@H](Cc1ccccc1)Nc1ncnc2sccc12. The van der Waals surface area contributed by atoms with Crippen molar-refractivity contribution in [2.24, 2.45) is 0 Å². The molecule has 3 aromatic rings. The molecule has 0 aliphatic rings. The van der Waals surface area contributed by atoms with Gasteiger partial charge in [0.2, 0.25) is 5.91 Å². The first kappa shape index (κ1) is 15.4. The number of rotatable bonds is 5. The van der Waals surface area contributed by atoms with Gasteiger partial charge in [-0.05, 0) is 17.0 Å². The van der Waals surface area contributed by atoms with Gasteiger partial charge in [0.25, 0.3) is 0 Å². The predicted molar refractivity (Wildman–Crippen MR) is 93.7 cm³/mol. The summed E-state index contributed by atoms with van der Waals surface area (Å²) in [7, 11) is 3.53. The molecule has 0 aliphatic carbocycles. The van der Waals surface area contributed by atoms with Gasteiger partial charge in [0.05, 0.1) is 5.39 Å². The summed E-state index contributed by atoms with van der Waals surface area (Å²) in [6, 6.07) is 11.6. The third kappa shape index (κ3) is 3.48. The third-order valence-corrected chi connectivity index (χ3v) is 4.41. The van der Waals surface area contributed by atoms with Gasteiger partial charge in [0.1, 0.15) is 23.0 Å². The molecule has 1 N–H and O–H groups in total. The average molecular weight is 326 g/mol. The van der Waals surface area contributed by atoms with Crippen molar-refractivity contribution in [1.29, 1.82) is 0 Å². The van der Waals surface area contributed by atoms with E-state index in [-0.39, 0.29) is 11.9 Å². The fourth-order valence-corrected chi connectivity index (χ4v) is 3.16. The highest BCUT2D eigenvalue weighted by molar-refractivity contribution is 7.16. The molecule has 23 heavy (non-hydrogen) atoms. The molecule has 0 fully saturated rings. The van der Waals surface area contributed by atoms with Crippen LogP contribution in [0.15, 0.2) is 48.1 Å². The van der Waals surface area contributed by atoms with E-state index >= 15 is 0 Å². The molecule has 1 atom stereocenters. The van der Waals surface area contributed by atoms with E-state index in [1.165, 1.54) is 6.33 Å². The molecule has 3 rings (SSSR count). The zero-order valence-corrected chi connectivity index (χ0v) is 13.9. The Kier molecular flexibility index (Phi) is 4.52. The molecule has 0 unspecified atom stereocenters. The number of hydrogen-bond donors (Lipinski definition) is 1. The number of carbonyl (C=O) groups excluding carboxylic acids is 1. The van der Waals surface area contributed by atoms with Gasteiger partial charge in [0.15, 0.2) is 0 Å². The lowest BCUT2D eigenvalue weighted by Crippen LogP contribution is -2.40. The zero-order valence-electron chi connectivity index (χ0n) is 13.1. The van der Waals surface area contributed by atoms with E-state index in [0.717, 1.165) is 15.8 Å². The second kappa shape index (κ2) is 6.75. The van der Waals surface area contributed by atoms with Crippen LogP contribution in [0.3, 0.4) is 0 Å². The molecule has 0 saturated heterocycles. The number of anilines is 1. The van der Waals surface area contributed by atoms with Gasteiger partial charge >= 0.3 is 0 Å². The maximum absolute atomic E-state index is 12.5. The van der Waals surface area contributed by atoms with Crippen molar-refractivity contribution in [2.75, 3.05) is 19.4 Å². The summed E-state index contributed by atoms with van der Waals surface area (Å²) in [5.74, 6) is 0.725. The fourth-order valence-electron chi connectivity index (χ4n) is 2.43. The van der Waals surface area contributed by atoms with E-state index in [4.69, 9.17) is 0 Å². The van der Waals surface area contributed by atoms with E-state index < -0.39 is 0 Å². The van der Waals surface area contributed by atoms with E-state index in [1.807, 2.05) is 41.8 Å². The number of likely N-dealkylation sites (N-methyl/N-ethyl adjacent to an activating group) is 1. The van der Waals surface area contributed by atoms with Crippen LogP contribution in [0.5, 0.6) is 0 Å². The minimum Gasteiger partial charge on any atom is -0.357 e. The number of benzene rings is 1. The Hall–Kier alpha value is -2.47. The van der Waals surface area contributed by atoms with Crippen LogP contribution in [0.2, 0.25) is 0 Å². The molecule has 2 heterocycles. The second-order valence-corrected chi connectivity index (χ2v) is 6.38. The molecular formula is C17H18N4OS. The topological polar surface area (TPSA) is 58.1 Å². The van der Waals surface area contributed by atoms with Crippen LogP contribution in [0, 0.1) is 0 Å². The lowest BCUT2D eigenvalue weighted by molar-refractivity contribution is -0.129. The lowest BCUT2D eigenvalue weighted by Gasteiger charge is -2.22. The third-order valence-electron chi connectivity index (χ3n) is 3.59. The zero-order chi connectivity index (χ0) is 16.2. The Bertz CT molecular complexity index is 800. The van der Waals surface area contributed by atoms with Crippen molar-refractivity contribution < 1.29 is 4.79 Å². The molecule has 2 aromatic heterocycles. The first-order valence-corrected chi connectivity index (χ1v) is 8.23. The average Bonchev–Trinajstić information content (AvgIpc) is 3.04. The maximum Gasteiger partial charge on any atom is 0.244 e. The van der Waals surface area contributed by atoms with Gasteiger partial charge in [0, 0.05) is 20.5 Å². The first-order valence-electron chi connectivity index (χ1n) is 7.35. The number of aromatic nitrogens is 2. The number of carbonyl (C=O) groups is 1. The van der Waals surface area contributed by atoms with Crippen LogP contribution in [-0.4, -0.2) is 40.9 Å². The second-order valence-electron chi connectivity index (χ2n) is 5.48. The van der Waals surface area contributed by atoms with Crippen molar-refractivity contribution in [3.05, 3.63) is 53.7 Å². The van der Waals surface area contributed by atoms with Gasteiger partial charge in [-0.15, -0.1) is 11.3 Å². The van der Waals surface area contributed by atoms with E-state index in [0.29, 0.717) is 12.2 Å². The Labute approximate surface area is 139 Å². The number of thiophene rings is 1. The van der Waals surface area contributed by atoms with Gasteiger partial charge in [-0.1, -0.05) is 30.3 Å². The molecule has 1 aromatic carbocycles. The molecule has 0 spiro atoms. The van der Waals surface area contributed by atoms with Gasteiger partial charge in [-0.3, -0.25) is 4.79 Å². The van der Waals surface area contributed by atoms with Crippen LogP contribution < -0.4 is 5.32 Å². The van der Waals surface area contributed by atoms with E-state index in [2.05, 4.69) is 15.3 Å². The molecule has 0 radical (unpaired) electrons. The summed E-state index contributed by atoms with van der Waals surface area (Å²) in [6.45, 7) is 0. The van der Waals surface area contributed by atoms with Crippen molar-refractivity contribution in [1.82, 2.24) is 14.9 Å². The van der Waals surface area contributed by atoms with Gasteiger partial charge in [-0.25, -0.2) is 9.97 Å². The number of hydrogen-bond acceptors (Lipinski definition) is 5. The molecule has 0 saturated carbocycles. The minimum atomic E-state index is -0.370. The highest BCUT2D eigenvalue weighted by Gasteiger charge is 2.22. The summed E-state index contributed by atoms with van der Waals surface area (Å²) in [5, 5.41) is 6.23. The molecule has 118 valence electrons. The quantitative estimate of drug-likeness (QED) is 0.783. The van der Waals surface area contributed by atoms with Crippen LogP contribution in [0.25, 0.3) is 10.2 Å². The maximum atomic E-state index is 12.5. The van der Waals surface area contributed by atoms with Crippen LogP contribution >= 0.6 is 11.3 Å². The Morgan fingerprint density at radius 2 is 2.00 bits per heavy atom. The Balaban J connectivity index is 1.89. The summed E-state index contributed by atoms with van der Waals surface area (Å²) >= 11 is 1.56. The van der Waals surface area contributed by atoms with Crippen LogP contribution in [0.4, 0.5) is 5.82 Å². The molecule has 0 aliphatic heterocycles. The van der Waals surface area contributed by atoms with Gasteiger partial charge < -0.3 is 10.2 Å². The number of nitrogens with one attached hydrogen (secondary N) is 1. The standard InChI is InChI=1S/C17H18N4OS/c1-21(2)17(22)14(10-12-6-4-3-5-7-12)20-15-13-8-9-23-16(13)19-11-18-15/h3-9,11,14H,10H2,1-2H3,(H,18,19,20)/t14-/m0/s1. The summed E-state index contributed by atoms with van der Waals surface area (Å²) in [6.07, 6.45) is 2.13. The summed E-state index contributed by atoms with van der Waals surface area (Å²) in [5.41, 5.74) is 1.11. The Morgan fingerprint density at radius 3 is 2.74 bits per heavy atom. The van der Waals surface area contributed by atoms with Crippen LogP contribution in [0.1, 0.15) is 5.56 Å². The van der Waals surface area contributed by atoms with E-state index in [9.17, 15) is 4.79 Å². The van der Waals surface area contributed by atoms with Crippen molar-refractivity contribution in [3.63, 3.8) is 0 Å². The molecule has 0 bridgehead atoms. The number of fused-ring (bicyclic) bond motifs is 1. The normalized spacial score (nSPS) is 12.1. The van der Waals surface area contributed by atoms with E-state index in [1.54, 1.807) is 30.3 Å². The highest BCUT2D eigenvalue weighted by atomic mass is 32.1. The summed E-state index contributed by atoms with van der Waals surface area (Å²) < 4.78 is 0. The molecule has 5 nitrogen and oxygen atoms in total. The number of nitrogens with zero attached hydrogens (tertiary/aromatic N) is 3. The van der Waals surface area contributed by atoms with Crippen molar-refractivity contribution in [3.8, 4) is 0 Å². The molecular weight excluding hydrogens is 308 g/mol. The largest absolute Gasteiger partial charge is 0.357 e. The molecule has 1 amide bonds. The van der Waals surface area contributed by atoms with Crippen molar-refractivity contribution in [2.45, 2.75) is 12.5 Å². The minimum absolute atomic E-state index is 0.0239.